The second-order valence-electron chi connectivity index (χ2n) is 32.6. The smallest absolute Gasteiger partial charge is 0.201 e. The predicted octanol–water partition coefficient (Wildman–Crippen LogP) is 18.4. The summed E-state index contributed by atoms with van der Waals surface area (Å²) in [5.74, 6) is 1.50. The SMILES string of the molecule is Cc1c(-c2cccc[n+]2C)ccc(CC(C)(C)C)c1-c1cccc[n+]1C.Cc1c(-c2cccc[n+]2C)ccc2c1-c1c(ccc[n+]1C)C(C)(C)C2(C)C.Cc1c(-c2cccc[n+]2C)cccc1-c1cc(C2CCCC2)cc[n+]1C.Cc1c(-c2cccc[n+]2C)cccc1-c1ccc(C2CCCC2)c[n+]1C. The molecule has 12 aromatic rings. The molecule has 0 N–H and O–H groups in total. The largest absolute Gasteiger partial charge is 0.216 e. The molecule has 8 heterocycles. The van der Waals surface area contributed by atoms with E-state index in [1.54, 1.807) is 0 Å². The monoisotopic (exact) mass is 1390 g/mol. The average Bonchev–Trinajstić information content (AvgIpc) is 0.966. The minimum Gasteiger partial charge on any atom is -0.201 e. The van der Waals surface area contributed by atoms with Crippen LogP contribution in [0.4, 0.5) is 0 Å². The fourth-order valence-electron chi connectivity index (χ4n) is 17.2. The van der Waals surface area contributed by atoms with Crippen molar-refractivity contribution in [3.63, 3.8) is 0 Å². The average molecular weight is 1390 g/mol. The first-order chi connectivity index (χ1) is 50.2. The fourth-order valence-corrected chi connectivity index (χ4v) is 17.2. The van der Waals surface area contributed by atoms with E-state index in [0.29, 0.717) is 0 Å². The Bertz CT molecular complexity index is 5150. The summed E-state index contributed by atoms with van der Waals surface area (Å²) >= 11 is 0. The highest BCUT2D eigenvalue weighted by Crippen LogP contribution is 2.54. The first kappa shape index (κ1) is 74.8. The van der Waals surface area contributed by atoms with Gasteiger partial charge in [-0.25, -0.2) is 36.5 Å². The molecule has 0 aliphatic heterocycles. The molecule has 105 heavy (non-hydrogen) atoms. The zero-order valence-electron chi connectivity index (χ0n) is 66.6. The Morgan fingerprint density at radius 2 is 0.695 bits per heavy atom. The van der Waals surface area contributed by atoms with E-state index >= 15 is 0 Å². The number of fused-ring (bicyclic) bond motifs is 3. The number of nitrogens with zero attached hydrogens (tertiary/aromatic N) is 8. The molecule has 2 saturated carbocycles. The molecule has 0 bridgehead atoms. The van der Waals surface area contributed by atoms with Gasteiger partial charge in [-0.1, -0.05) is 98.4 Å². The van der Waals surface area contributed by atoms with Crippen molar-refractivity contribution < 1.29 is 36.5 Å². The molecule has 3 aliphatic carbocycles. The third-order valence-corrected chi connectivity index (χ3v) is 23.9. The summed E-state index contributed by atoms with van der Waals surface area (Å²) in [7, 11) is 17.1. The van der Waals surface area contributed by atoms with Crippen LogP contribution in [0, 0.1) is 33.1 Å². The second kappa shape index (κ2) is 31.4. The lowest BCUT2D eigenvalue weighted by Gasteiger charge is -2.47. The van der Waals surface area contributed by atoms with Crippen LogP contribution in [0.2, 0.25) is 0 Å². The minimum absolute atomic E-state index is 0.0475. The lowest BCUT2D eigenvalue weighted by Crippen LogP contribution is -2.48. The van der Waals surface area contributed by atoms with Gasteiger partial charge in [-0.3, -0.25) is 0 Å². The lowest BCUT2D eigenvalue weighted by atomic mass is 9.55. The van der Waals surface area contributed by atoms with Crippen LogP contribution in [-0.4, -0.2) is 0 Å². The normalized spacial score (nSPS) is 14.4. The minimum atomic E-state index is 0.0475. The molecule has 2 fully saturated rings. The summed E-state index contributed by atoms with van der Waals surface area (Å²) in [6, 6.07) is 68.5. The summed E-state index contributed by atoms with van der Waals surface area (Å²) in [6.07, 6.45) is 29.3. The van der Waals surface area contributed by atoms with Crippen LogP contribution in [0.3, 0.4) is 0 Å². The topological polar surface area (TPSA) is 31.0 Å². The van der Waals surface area contributed by atoms with Gasteiger partial charge in [-0.2, -0.15) is 0 Å². The van der Waals surface area contributed by atoms with Crippen LogP contribution >= 0.6 is 0 Å². The van der Waals surface area contributed by atoms with Gasteiger partial charge < -0.3 is 0 Å². The fraction of sp³-hybridized carbons (Fsp3) is 0.340. The maximum absolute atomic E-state index is 2.42. The van der Waals surface area contributed by atoms with Crippen LogP contribution in [0.15, 0.2) is 238 Å². The van der Waals surface area contributed by atoms with E-state index in [2.05, 4.69) is 407 Å². The molecule has 0 saturated heterocycles. The van der Waals surface area contributed by atoms with Crippen molar-refractivity contribution in [1.82, 2.24) is 0 Å². The molecule has 0 radical (unpaired) electrons. The van der Waals surface area contributed by atoms with Gasteiger partial charge in [-0.05, 0) is 200 Å². The number of rotatable bonds is 10. The number of hydrogen-bond donors (Lipinski definition) is 0. The second-order valence-corrected chi connectivity index (χ2v) is 32.6. The van der Waals surface area contributed by atoms with Gasteiger partial charge in [0.05, 0.1) is 11.1 Å². The Labute approximate surface area is 629 Å². The van der Waals surface area contributed by atoms with E-state index in [1.165, 1.54) is 191 Å². The highest BCUT2D eigenvalue weighted by atomic mass is 15.0. The number of pyridine rings is 8. The highest BCUT2D eigenvalue weighted by Gasteiger charge is 2.50. The maximum Gasteiger partial charge on any atom is 0.216 e. The van der Waals surface area contributed by atoms with Crippen molar-refractivity contribution in [2.75, 3.05) is 0 Å². The van der Waals surface area contributed by atoms with Gasteiger partial charge in [0.1, 0.15) is 56.4 Å². The Hall–Kier alpha value is -9.92. The molecule has 536 valence electrons. The molecule has 8 aromatic heterocycles. The van der Waals surface area contributed by atoms with Crippen LogP contribution < -0.4 is 36.5 Å². The molecular formula is C97H116N8+8. The Balaban J connectivity index is 0.000000131. The maximum atomic E-state index is 2.42. The predicted molar refractivity (Wildman–Crippen MR) is 429 cm³/mol. The summed E-state index contributed by atoms with van der Waals surface area (Å²) in [5, 5.41) is 0. The third kappa shape index (κ3) is 15.5. The molecule has 8 heteroatoms. The highest BCUT2D eigenvalue weighted by molar-refractivity contribution is 5.82. The molecule has 0 amide bonds. The van der Waals surface area contributed by atoms with Crippen molar-refractivity contribution >= 4 is 0 Å². The molecule has 3 aliphatic rings. The Kier molecular flexibility index (Phi) is 22.4. The quantitative estimate of drug-likeness (QED) is 0.122. The standard InChI is InChI=1S/C25H30N2.2C24H28N2.C24H30N2/c1-17-18(21-12-8-9-15-26(21)6)13-14-19-22(17)23-20(11-10-16-27(23)7)25(4,5)24(19,2)3;1-18-21(23-13-6-7-16-25(23)2)11-8-12-22(18)24-15-14-20(17-26(24)3)19-9-4-5-10-19;1-18-21(23-13-6-7-15-25(23)2)11-8-12-22(18)24-17-20(14-16-26(24)3)19-9-4-5-10-19;1-18-20(21-11-7-9-15-25(21)5)14-13-19(17-24(2,3)4)23(18)22-12-8-10-16-26(22)6/h8-16H,1-7H3;2*6-8,11-17,19H,4-5,9-10H2,1-3H3;7-16H,17H2,1-6H3/q4*+2. The van der Waals surface area contributed by atoms with E-state index < -0.39 is 0 Å². The Morgan fingerprint density at radius 1 is 0.314 bits per heavy atom. The van der Waals surface area contributed by atoms with Crippen molar-refractivity contribution in [3.05, 3.63) is 288 Å². The molecule has 0 unspecified atom stereocenters. The Morgan fingerprint density at radius 3 is 1.14 bits per heavy atom. The molecule has 15 rings (SSSR count). The van der Waals surface area contributed by atoms with Crippen molar-refractivity contribution in [3.8, 4) is 90.1 Å². The van der Waals surface area contributed by atoms with Crippen LogP contribution in [0.25, 0.3) is 90.1 Å². The molecule has 4 aromatic carbocycles. The summed E-state index contributed by atoms with van der Waals surface area (Å²) in [5.41, 5.74) is 33.8. The number of benzene rings is 4. The molecule has 0 spiro atoms. The molecular weight excluding hydrogens is 1280 g/mol. The van der Waals surface area contributed by atoms with E-state index in [1.807, 2.05) is 0 Å². The van der Waals surface area contributed by atoms with Crippen LogP contribution in [0.5, 0.6) is 0 Å². The number of aryl methyl sites for hydroxylation is 8. The van der Waals surface area contributed by atoms with Gasteiger partial charge in [0, 0.05) is 135 Å². The lowest BCUT2D eigenvalue weighted by molar-refractivity contribution is -0.661. The first-order valence-corrected chi connectivity index (χ1v) is 38.5. The van der Waals surface area contributed by atoms with Crippen LogP contribution in [0.1, 0.15) is 162 Å². The first-order valence-electron chi connectivity index (χ1n) is 38.5. The zero-order valence-corrected chi connectivity index (χ0v) is 66.6. The van der Waals surface area contributed by atoms with Gasteiger partial charge in [-0.15, -0.1) is 0 Å². The van der Waals surface area contributed by atoms with Crippen LogP contribution in [-0.2, 0) is 73.6 Å². The molecule has 0 atom stereocenters. The van der Waals surface area contributed by atoms with Gasteiger partial charge in [0.25, 0.3) is 0 Å². The van der Waals surface area contributed by atoms with E-state index in [4.69, 9.17) is 0 Å². The zero-order chi connectivity index (χ0) is 74.6. The molecule has 8 nitrogen and oxygen atoms in total. The van der Waals surface area contributed by atoms with Crippen molar-refractivity contribution in [2.45, 2.75) is 157 Å². The van der Waals surface area contributed by atoms with Gasteiger partial charge in [0.2, 0.25) is 45.6 Å². The van der Waals surface area contributed by atoms with Crippen molar-refractivity contribution in [2.24, 2.45) is 61.8 Å². The van der Waals surface area contributed by atoms with Crippen molar-refractivity contribution in [1.29, 1.82) is 0 Å². The van der Waals surface area contributed by atoms with E-state index in [0.717, 1.165) is 18.3 Å². The summed E-state index contributed by atoms with van der Waals surface area (Å²) < 4.78 is 17.9. The summed E-state index contributed by atoms with van der Waals surface area (Å²) in [4.78, 5) is 0. The third-order valence-electron chi connectivity index (χ3n) is 23.9. The summed E-state index contributed by atoms with van der Waals surface area (Å²) in [6.45, 7) is 25.5. The number of aromatic nitrogens is 8. The van der Waals surface area contributed by atoms with Gasteiger partial charge >= 0.3 is 0 Å². The van der Waals surface area contributed by atoms with Gasteiger partial charge in [0.15, 0.2) is 49.6 Å². The van der Waals surface area contributed by atoms with E-state index in [-0.39, 0.29) is 16.2 Å². The van der Waals surface area contributed by atoms with E-state index in [9.17, 15) is 0 Å². The number of hydrogen-bond acceptors (Lipinski definition) is 0.